The highest BCUT2D eigenvalue weighted by molar-refractivity contribution is 7.92. The maximum absolute atomic E-state index is 12.3. The van der Waals surface area contributed by atoms with E-state index in [0.29, 0.717) is 22.8 Å². The van der Waals surface area contributed by atoms with E-state index >= 15 is 0 Å². The molecule has 0 saturated carbocycles. The van der Waals surface area contributed by atoms with Crippen molar-refractivity contribution >= 4 is 27.3 Å². The number of carbonyl (C=O) groups is 1. The minimum absolute atomic E-state index is 0.354. The molecule has 2 N–H and O–H groups in total. The van der Waals surface area contributed by atoms with Crippen molar-refractivity contribution < 1.29 is 13.2 Å². The van der Waals surface area contributed by atoms with Gasteiger partial charge in [-0.15, -0.1) is 0 Å². The summed E-state index contributed by atoms with van der Waals surface area (Å²) in [4.78, 5) is 16.5. The topological polar surface area (TPSA) is 106 Å². The summed E-state index contributed by atoms with van der Waals surface area (Å²) in [5.41, 5.74) is 1.18. The standard InChI is InChI=1S/C16H15N5O3S/c1-25(23,24)20-14-6-4-5-13(9-14)19-16(22)12-10-18-21(11-12)15-7-2-3-8-17-15/h2-11,20H,1H3,(H,19,22). The van der Waals surface area contributed by atoms with Crippen molar-refractivity contribution in [3.8, 4) is 5.82 Å². The van der Waals surface area contributed by atoms with E-state index in [2.05, 4.69) is 20.1 Å². The van der Waals surface area contributed by atoms with Gasteiger partial charge in [0.25, 0.3) is 5.91 Å². The molecule has 1 amide bonds. The molecule has 0 saturated heterocycles. The summed E-state index contributed by atoms with van der Waals surface area (Å²) < 4.78 is 26.4. The van der Waals surface area contributed by atoms with Crippen LogP contribution in [0.5, 0.6) is 0 Å². The first-order valence-electron chi connectivity index (χ1n) is 7.26. The number of carbonyl (C=O) groups excluding carboxylic acids is 1. The van der Waals surface area contributed by atoms with Crippen LogP contribution in [0.1, 0.15) is 10.4 Å². The summed E-state index contributed by atoms with van der Waals surface area (Å²) >= 11 is 0. The molecule has 0 bridgehead atoms. The van der Waals surface area contributed by atoms with Gasteiger partial charge >= 0.3 is 0 Å². The molecule has 25 heavy (non-hydrogen) atoms. The molecule has 9 heteroatoms. The first-order valence-corrected chi connectivity index (χ1v) is 9.15. The zero-order valence-electron chi connectivity index (χ0n) is 13.2. The zero-order chi connectivity index (χ0) is 17.9. The van der Waals surface area contributed by atoms with Crippen molar-refractivity contribution in [3.05, 3.63) is 66.6 Å². The number of hydrogen-bond donors (Lipinski definition) is 2. The Morgan fingerprint density at radius 3 is 2.64 bits per heavy atom. The maximum atomic E-state index is 12.3. The maximum Gasteiger partial charge on any atom is 0.258 e. The second-order valence-electron chi connectivity index (χ2n) is 5.27. The molecule has 0 radical (unpaired) electrons. The van der Waals surface area contributed by atoms with Gasteiger partial charge in [-0.25, -0.2) is 18.1 Å². The predicted octanol–water partition coefficient (Wildman–Crippen LogP) is 1.89. The molecule has 2 aromatic heterocycles. The second kappa shape index (κ2) is 6.73. The average molecular weight is 357 g/mol. The van der Waals surface area contributed by atoms with Crippen LogP contribution >= 0.6 is 0 Å². The Hall–Kier alpha value is -3.20. The van der Waals surface area contributed by atoms with Crippen molar-refractivity contribution in [2.75, 3.05) is 16.3 Å². The average Bonchev–Trinajstić information content (AvgIpc) is 3.04. The van der Waals surface area contributed by atoms with Gasteiger partial charge in [0.1, 0.15) is 0 Å². The Kier molecular flexibility index (Phi) is 4.48. The Balaban J connectivity index is 1.75. The van der Waals surface area contributed by atoms with Crippen LogP contribution in [0.2, 0.25) is 0 Å². The molecule has 0 aliphatic rings. The highest BCUT2D eigenvalue weighted by Crippen LogP contribution is 2.17. The molecule has 3 rings (SSSR count). The Bertz CT molecular complexity index is 999. The molecule has 0 aliphatic heterocycles. The lowest BCUT2D eigenvalue weighted by atomic mass is 10.2. The third kappa shape index (κ3) is 4.42. The van der Waals surface area contributed by atoms with Crippen LogP contribution < -0.4 is 10.0 Å². The van der Waals surface area contributed by atoms with Crippen molar-refractivity contribution in [1.29, 1.82) is 0 Å². The van der Waals surface area contributed by atoms with Gasteiger partial charge in [0, 0.05) is 18.1 Å². The van der Waals surface area contributed by atoms with Crippen molar-refractivity contribution in [2.45, 2.75) is 0 Å². The lowest BCUT2D eigenvalue weighted by Gasteiger charge is -2.07. The molecule has 0 aliphatic carbocycles. The molecule has 3 aromatic rings. The van der Waals surface area contributed by atoms with E-state index in [9.17, 15) is 13.2 Å². The van der Waals surface area contributed by atoms with Gasteiger partial charge in [0.2, 0.25) is 10.0 Å². The van der Waals surface area contributed by atoms with E-state index in [0.717, 1.165) is 6.26 Å². The Labute approximate surface area is 144 Å². The SMILES string of the molecule is CS(=O)(=O)Nc1cccc(NC(=O)c2cnn(-c3ccccn3)c2)c1. The number of amides is 1. The van der Waals surface area contributed by atoms with Gasteiger partial charge in [-0.3, -0.25) is 9.52 Å². The molecular formula is C16H15N5O3S. The van der Waals surface area contributed by atoms with Crippen LogP contribution in [-0.2, 0) is 10.0 Å². The number of nitrogens with one attached hydrogen (secondary N) is 2. The molecule has 8 nitrogen and oxygen atoms in total. The number of benzene rings is 1. The van der Waals surface area contributed by atoms with Crippen LogP contribution in [-0.4, -0.2) is 35.3 Å². The lowest BCUT2D eigenvalue weighted by Crippen LogP contribution is -2.12. The number of pyridine rings is 1. The van der Waals surface area contributed by atoms with Gasteiger partial charge in [0.05, 0.1) is 23.7 Å². The summed E-state index contributed by atoms with van der Waals surface area (Å²) in [7, 11) is -3.38. The number of anilines is 2. The van der Waals surface area contributed by atoms with Crippen LogP contribution in [0.4, 0.5) is 11.4 Å². The van der Waals surface area contributed by atoms with Gasteiger partial charge < -0.3 is 5.32 Å². The van der Waals surface area contributed by atoms with Crippen LogP contribution in [0.3, 0.4) is 0 Å². The first kappa shape index (κ1) is 16.7. The normalized spacial score (nSPS) is 11.1. The number of rotatable bonds is 5. The lowest BCUT2D eigenvalue weighted by molar-refractivity contribution is 0.102. The molecule has 0 unspecified atom stereocenters. The summed E-state index contributed by atoms with van der Waals surface area (Å²) in [5.74, 6) is 0.236. The zero-order valence-corrected chi connectivity index (χ0v) is 14.1. The summed E-state index contributed by atoms with van der Waals surface area (Å²) in [6.45, 7) is 0. The van der Waals surface area contributed by atoms with E-state index in [-0.39, 0.29) is 5.91 Å². The molecular weight excluding hydrogens is 342 g/mol. The molecule has 0 fully saturated rings. The summed E-state index contributed by atoms with van der Waals surface area (Å²) in [5, 5.41) is 6.82. The fourth-order valence-electron chi connectivity index (χ4n) is 2.13. The van der Waals surface area contributed by atoms with Crippen LogP contribution in [0, 0.1) is 0 Å². The second-order valence-corrected chi connectivity index (χ2v) is 7.02. The molecule has 0 atom stereocenters. The van der Waals surface area contributed by atoms with E-state index in [1.807, 2.05) is 6.07 Å². The Morgan fingerprint density at radius 2 is 1.92 bits per heavy atom. The van der Waals surface area contributed by atoms with E-state index in [1.54, 1.807) is 42.7 Å². The molecule has 128 valence electrons. The van der Waals surface area contributed by atoms with Gasteiger partial charge in [-0.2, -0.15) is 5.10 Å². The number of aromatic nitrogens is 3. The summed E-state index contributed by atoms with van der Waals surface area (Å²) in [6, 6.07) is 11.8. The Morgan fingerprint density at radius 1 is 1.12 bits per heavy atom. The minimum atomic E-state index is -3.38. The van der Waals surface area contributed by atoms with E-state index in [1.165, 1.54) is 16.9 Å². The molecule has 0 spiro atoms. The van der Waals surface area contributed by atoms with E-state index < -0.39 is 10.0 Å². The van der Waals surface area contributed by atoms with E-state index in [4.69, 9.17) is 0 Å². The van der Waals surface area contributed by atoms with Gasteiger partial charge in [-0.05, 0) is 30.3 Å². The highest BCUT2D eigenvalue weighted by atomic mass is 32.2. The highest BCUT2D eigenvalue weighted by Gasteiger charge is 2.11. The third-order valence-electron chi connectivity index (χ3n) is 3.15. The fraction of sp³-hybridized carbons (Fsp3) is 0.0625. The fourth-order valence-corrected chi connectivity index (χ4v) is 2.69. The monoisotopic (exact) mass is 357 g/mol. The quantitative estimate of drug-likeness (QED) is 0.725. The minimum Gasteiger partial charge on any atom is -0.322 e. The largest absolute Gasteiger partial charge is 0.322 e. The predicted molar refractivity (Wildman–Crippen MR) is 94.2 cm³/mol. The van der Waals surface area contributed by atoms with Crippen molar-refractivity contribution in [1.82, 2.24) is 14.8 Å². The number of sulfonamides is 1. The van der Waals surface area contributed by atoms with Crippen LogP contribution in [0.15, 0.2) is 61.1 Å². The van der Waals surface area contributed by atoms with Gasteiger partial charge in [-0.1, -0.05) is 12.1 Å². The molecule has 2 heterocycles. The first-order chi connectivity index (χ1) is 11.9. The van der Waals surface area contributed by atoms with Crippen molar-refractivity contribution in [3.63, 3.8) is 0 Å². The van der Waals surface area contributed by atoms with Crippen LogP contribution in [0.25, 0.3) is 5.82 Å². The summed E-state index contributed by atoms with van der Waals surface area (Å²) in [6.07, 6.45) is 5.69. The smallest absolute Gasteiger partial charge is 0.258 e. The van der Waals surface area contributed by atoms with Gasteiger partial charge in [0.15, 0.2) is 5.82 Å². The number of hydrogen-bond acceptors (Lipinski definition) is 5. The third-order valence-corrected chi connectivity index (χ3v) is 3.76. The van der Waals surface area contributed by atoms with Crippen molar-refractivity contribution in [2.24, 2.45) is 0 Å². The number of nitrogens with zero attached hydrogens (tertiary/aromatic N) is 3. The molecule has 1 aromatic carbocycles.